The number of amides is 1. The number of halogens is 1. The predicted molar refractivity (Wildman–Crippen MR) is 125 cm³/mol. The fourth-order valence-corrected chi connectivity index (χ4v) is 4.60. The number of sulfonamides is 1. The molecule has 0 radical (unpaired) electrons. The quantitative estimate of drug-likeness (QED) is 0.381. The van der Waals surface area contributed by atoms with Crippen LogP contribution in [0, 0.1) is 12.7 Å². The molecule has 0 atom stereocenters. The van der Waals surface area contributed by atoms with Crippen molar-refractivity contribution in [3.05, 3.63) is 89.0 Å². The number of hydrogen-bond acceptors (Lipinski definition) is 4. The molecule has 1 amide bonds. The van der Waals surface area contributed by atoms with Crippen molar-refractivity contribution in [1.29, 1.82) is 0 Å². The maximum Gasteiger partial charge on any atom is 0.255 e. The van der Waals surface area contributed by atoms with E-state index in [1.165, 1.54) is 18.2 Å². The van der Waals surface area contributed by atoms with Crippen LogP contribution in [-0.4, -0.2) is 30.8 Å². The average molecular weight is 467 g/mol. The van der Waals surface area contributed by atoms with Crippen LogP contribution in [0.3, 0.4) is 0 Å². The Morgan fingerprint density at radius 2 is 1.88 bits per heavy atom. The van der Waals surface area contributed by atoms with Gasteiger partial charge in [0.2, 0.25) is 10.0 Å². The Balaban J connectivity index is 1.57. The summed E-state index contributed by atoms with van der Waals surface area (Å²) in [6, 6.07) is 16.2. The second kappa shape index (κ2) is 9.13. The van der Waals surface area contributed by atoms with Crippen LogP contribution in [0.2, 0.25) is 0 Å². The number of fused-ring (bicyclic) bond motifs is 1. The molecule has 7 nitrogen and oxygen atoms in total. The summed E-state index contributed by atoms with van der Waals surface area (Å²) in [7, 11) is -3.68. The summed E-state index contributed by atoms with van der Waals surface area (Å²) in [6.45, 7) is 3.68. The van der Waals surface area contributed by atoms with Gasteiger partial charge in [-0.3, -0.25) is 4.79 Å². The molecule has 3 N–H and O–H groups in total. The van der Waals surface area contributed by atoms with Crippen molar-refractivity contribution in [2.75, 3.05) is 11.9 Å². The highest BCUT2D eigenvalue weighted by Gasteiger charge is 2.18. The van der Waals surface area contributed by atoms with Gasteiger partial charge in [-0.1, -0.05) is 31.2 Å². The maximum atomic E-state index is 13.9. The molecule has 0 spiro atoms. The van der Waals surface area contributed by atoms with Crippen LogP contribution in [0.4, 0.5) is 10.1 Å². The first-order chi connectivity index (χ1) is 15.8. The van der Waals surface area contributed by atoms with Gasteiger partial charge in [0.05, 0.1) is 15.9 Å². The Bertz CT molecular complexity index is 1450. The van der Waals surface area contributed by atoms with Gasteiger partial charge in [0.25, 0.3) is 5.91 Å². The Morgan fingerprint density at radius 3 is 2.64 bits per heavy atom. The zero-order valence-corrected chi connectivity index (χ0v) is 19.0. The van der Waals surface area contributed by atoms with Crippen molar-refractivity contribution in [3.63, 3.8) is 0 Å². The first kappa shape index (κ1) is 22.6. The van der Waals surface area contributed by atoms with Crippen LogP contribution in [0.5, 0.6) is 0 Å². The number of rotatable bonds is 7. The second-order valence-corrected chi connectivity index (χ2v) is 9.38. The lowest BCUT2D eigenvalue weighted by Gasteiger charge is -2.11. The smallest absolute Gasteiger partial charge is 0.255 e. The standard InChI is InChI=1S/C24H23FN4O3S/c1-3-26-33(31,32)18-10-8-15(2)19(14-18)24(30)27-17-9-11-21-22(13-17)29-23(28-21)12-16-6-4-5-7-20(16)25/h4-11,13-14,26H,3,12H2,1-2H3,(H,27,30)(H,28,29). The molecule has 4 aromatic rings. The molecular formula is C24H23FN4O3S. The molecule has 1 aromatic heterocycles. The molecular weight excluding hydrogens is 443 g/mol. The molecule has 0 saturated carbocycles. The number of carbonyl (C=O) groups is 1. The van der Waals surface area contributed by atoms with Crippen LogP contribution in [0.15, 0.2) is 65.6 Å². The Labute approximate surface area is 191 Å². The third kappa shape index (κ3) is 4.94. The average Bonchev–Trinajstić information content (AvgIpc) is 3.17. The SMILES string of the molecule is CCNS(=O)(=O)c1ccc(C)c(C(=O)Nc2ccc3nc(Cc4ccccc4F)[nH]c3c2)c1. The van der Waals surface area contributed by atoms with E-state index in [4.69, 9.17) is 0 Å². The lowest BCUT2D eigenvalue weighted by Crippen LogP contribution is -2.24. The molecule has 0 aliphatic carbocycles. The van der Waals surface area contributed by atoms with E-state index >= 15 is 0 Å². The van der Waals surface area contributed by atoms with E-state index in [9.17, 15) is 17.6 Å². The second-order valence-electron chi connectivity index (χ2n) is 7.62. The summed E-state index contributed by atoms with van der Waals surface area (Å²) in [4.78, 5) is 20.6. The monoisotopic (exact) mass is 466 g/mol. The fourth-order valence-electron chi connectivity index (χ4n) is 3.53. The highest BCUT2D eigenvalue weighted by molar-refractivity contribution is 7.89. The molecule has 0 bridgehead atoms. The number of anilines is 1. The van der Waals surface area contributed by atoms with Crippen molar-refractivity contribution in [2.24, 2.45) is 0 Å². The number of nitrogens with zero attached hydrogens (tertiary/aromatic N) is 1. The summed E-state index contributed by atoms with van der Waals surface area (Å²) in [5, 5.41) is 2.81. The number of aromatic nitrogens is 2. The normalized spacial score (nSPS) is 11.6. The lowest BCUT2D eigenvalue weighted by molar-refractivity contribution is 0.102. The Morgan fingerprint density at radius 1 is 1.09 bits per heavy atom. The zero-order chi connectivity index (χ0) is 23.6. The molecule has 1 heterocycles. The van der Waals surface area contributed by atoms with E-state index in [1.807, 2.05) is 0 Å². The van der Waals surface area contributed by atoms with Crippen molar-refractivity contribution >= 4 is 32.7 Å². The predicted octanol–water partition coefficient (Wildman–Crippen LogP) is 4.15. The summed E-state index contributed by atoms with van der Waals surface area (Å²) >= 11 is 0. The minimum atomic E-state index is -3.68. The molecule has 0 fully saturated rings. The number of H-pyrrole nitrogens is 1. The van der Waals surface area contributed by atoms with Gasteiger partial charge in [0, 0.05) is 24.2 Å². The molecule has 0 unspecified atom stereocenters. The fraction of sp³-hybridized carbons (Fsp3) is 0.167. The van der Waals surface area contributed by atoms with Crippen LogP contribution in [0.25, 0.3) is 11.0 Å². The van der Waals surface area contributed by atoms with E-state index < -0.39 is 15.9 Å². The van der Waals surface area contributed by atoms with Crippen molar-refractivity contribution < 1.29 is 17.6 Å². The van der Waals surface area contributed by atoms with Crippen LogP contribution in [-0.2, 0) is 16.4 Å². The van der Waals surface area contributed by atoms with Gasteiger partial charge >= 0.3 is 0 Å². The van der Waals surface area contributed by atoms with Crippen LogP contribution in [0.1, 0.15) is 34.2 Å². The summed E-state index contributed by atoms with van der Waals surface area (Å²) < 4.78 is 41.0. The molecule has 4 rings (SSSR count). The summed E-state index contributed by atoms with van der Waals surface area (Å²) in [5.74, 6) is -0.109. The minimum absolute atomic E-state index is 0.0295. The Hall–Kier alpha value is -3.56. The van der Waals surface area contributed by atoms with E-state index in [-0.39, 0.29) is 22.8 Å². The van der Waals surface area contributed by atoms with Gasteiger partial charge in [0.15, 0.2) is 0 Å². The van der Waals surface area contributed by atoms with Gasteiger partial charge in [-0.15, -0.1) is 0 Å². The largest absolute Gasteiger partial charge is 0.342 e. The van der Waals surface area contributed by atoms with E-state index in [1.54, 1.807) is 56.3 Å². The molecule has 3 aromatic carbocycles. The van der Waals surface area contributed by atoms with Crippen LogP contribution < -0.4 is 10.0 Å². The van der Waals surface area contributed by atoms with Crippen molar-refractivity contribution in [1.82, 2.24) is 14.7 Å². The zero-order valence-electron chi connectivity index (χ0n) is 18.1. The first-order valence-electron chi connectivity index (χ1n) is 10.4. The topological polar surface area (TPSA) is 104 Å². The Kier molecular flexibility index (Phi) is 6.26. The first-order valence-corrected chi connectivity index (χ1v) is 11.9. The van der Waals surface area contributed by atoms with E-state index in [0.717, 1.165) is 0 Å². The molecule has 0 aliphatic rings. The van der Waals surface area contributed by atoms with Crippen LogP contribution >= 0.6 is 0 Å². The number of benzene rings is 3. The summed E-state index contributed by atoms with van der Waals surface area (Å²) in [6.07, 6.45) is 0.315. The molecule has 0 saturated heterocycles. The van der Waals surface area contributed by atoms with E-state index in [2.05, 4.69) is 20.0 Å². The highest BCUT2D eigenvalue weighted by Crippen LogP contribution is 2.22. The van der Waals surface area contributed by atoms with Gasteiger partial charge in [-0.05, 0) is 54.4 Å². The third-order valence-corrected chi connectivity index (χ3v) is 6.75. The molecule has 33 heavy (non-hydrogen) atoms. The number of nitrogens with one attached hydrogen (secondary N) is 3. The number of imidazole rings is 1. The lowest BCUT2D eigenvalue weighted by atomic mass is 10.1. The number of carbonyl (C=O) groups excluding carboxylic acids is 1. The molecule has 170 valence electrons. The molecule has 0 aliphatic heterocycles. The van der Waals surface area contributed by atoms with Gasteiger partial charge in [0.1, 0.15) is 11.6 Å². The van der Waals surface area contributed by atoms with Gasteiger partial charge in [-0.2, -0.15) is 0 Å². The van der Waals surface area contributed by atoms with Crippen molar-refractivity contribution in [3.8, 4) is 0 Å². The van der Waals surface area contributed by atoms with Gasteiger partial charge < -0.3 is 10.3 Å². The minimum Gasteiger partial charge on any atom is -0.342 e. The number of hydrogen-bond donors (Lipinski definition) is 3. The highest BCUT2D eigenvalue weighted by atomic mass is 32.2. The van der Waals surface area contributed by atoms with Gasteiger partial charge in [-0.25, -0.2) is 22.5 Å². The number of aryl methyl sites for hydroxylation is 1. The third-order valence-electron chi connectivity index (χ3n) is 5.20. The van der Waals surface area contributed by atoms with Crippen molar-refractivity contribution in [2.45, 2.75) is 25.2 Å². The maximum absolute atomic E-state index is 13.9. The number of aromatic amines is 1. The summed E-state index contributed by atoms with van der Waals surface area (Å²) in [5.41, 5.74) is 3.35. The van der Waals surface area contributed by atoms with E-state index in [0.29, 0.717) is 40.1 Å². The molecule has 9 heteroatoms.